The van der Waals surface area contributed by atoms with Gasteiger partial charge in [0.2, 0.25) is 5.95 Å². The van der Waals surface area contributed by atoms with E-state index in [2.05, 4.69) is 15.1 Å². The van der Waals surface area contributed by atoms with Crippen LogP contribution in [-0.4, -0.2) is 26.0 Å². The zero-order valence-electron chi connectivity index (χ0n) is 9.84. The topological polar surface area (TPSA) is 63.3 Å². The highest BCUT2D eigenvalue weighted by atomic mass is 32.1. The molecule has 0 aliphatic heterocycles. The first-order chi connectivity index (χ1) is 9.38. The molecule has 0 aliphatic carbocycles. The molecule has 0 radical (unpaired) electrons. The molecule has 0 amide bonds. The predicted octanol–water partition coefficient (Wildman–Crippen LogP) is 2.80. The second-order valence-corrected chi connectivity index (χ2v) is 4.71. The summed E-state index contributed by atoms with van der Waals surface area (Å²) in [6.45, 7) is 0. The van der Waals surface area contributed by atoms with Gasteiger partial charge in [-0.2, -0.15) is 0 Å². The van der Waals surface area contributed by atoms with E-state index in [9.17, 15) is 0 Å². The summed E-state index contributed by atoms with van der Waals surface area (Å²) in [4.78, 5) is 9.86. The standard InChI is InChI=1S/C13H10N4OS/c18-15-9-10-3-1-7-17(10)13-14-6-5-11(16-13)12-4-2-8-19-12/h1-9,18H. The van der Waals surface area contributed by atoms with Gasteiger partial charge >= 0.3 is 0 Å². The number of rotatable bonds is 3. The van der Waals surface area contributed by atoms with Crippen LogP contribution in [-0.2, 0) is 0 Å². The van der Waals surface area contributed by atoms with Gasteiger partial charge in [-0.05, 0) is 29.6 Å². The van der Waals surface area contributed by atoms with Crippen LogP contribution in [0.25, 0.3) is 16.5 Å². The minimum absolute atomic E-state index is 0.547. The van der Waals surface area contributed by atoms with Crippen molar-refractivity contribution in [2.24, 2.45) is 5.16 Å². The van der Waals surface area contributed by atoms with Gasteiger partial charge < -0.3 is 5.21 Å². The van der Waals surface area contributed by atoms with Gasteiger partial charge in [0.1, 0.15) is 0 Å². The minimum atomic E-state index is 0.547. The van der Waals surface area contributed by atoms with Crippen molar-refractivity contribution in [2.75, 3.05) is 0 Å². The van der Waals surface area contributed by atoms with E-state index in [-0.39, 0.29) is 0 Å². The number of oxime groups is 1. The first kappa shape index (κ1) is 11.6. The van der Waals surface area contributed by atoms with E-state index in [0.29, 0.717) is 11.6 Å². The lowest BCUT2D eigenvalue weighted by Gasteiger charge is -2.05. The number of aromatic nitrogens is 3. The van der Waals surface area contributed by atoms with Gasteiger partial charge in [-0.1, -0.05) is 11.2 Å². The summed E-state index contributed by atoms with van der Waals surface area (Å²) in [5, 5.41) is 13.7. The lowest BCUT2D eigenvalue weighted by molar-refractivity contribution is 0.321. The number of thiophene rings is 1. The molecule has 0 aliphatic rings. The Kier molecular flexibility index (Phi) is 3.07. The van der Waals surface area contributed by atoms with Crippen molar-refractivity contribution in [1.29, 1.82) is 0 Å². The van der Waals surface area contributed by atoms with Crippen molar-refractivity contribution in [3.63, 3.8) is 0 Å². The highest BCUT2D eigenvalue weighted by molar-refractivity contribution is 7.13. The molecule has 94 valence electrons. The van der Waals surface area contributed by atoms with E-state index in [1.165, 1.54) is 6.21 Å². The highest BCUT2D eigenvalue weighted by Crippen LogP contribution is 2.22. The average Bonchev–Trinajstić information content (AvgIpc) is 3.10. The van der Waals surface area contributed by atoms with E-state index in [0.717, 1.165) is 10.6 Å². The van der Waals surface area contributed by atoms with Crippen LogP contribution in [0.1, 0.15) is 5.69 Å². The maximum atomic E-state index is 8.63. The fourth-order valence-electron chi connectivity index (χ4n) is 1.77. The monoisotopic (exact) mass is 270 g/mol. The molecule has 0 atom stereocenters. The van der Waals surface area contributed by atoms with Crippen LogP contribution in [0.5, 0.6) is 0 Å². The van der Waals surface area contributed by atoms with Gasteiger partial charge in [0.15, 0.2) is 0 Å². The lowest BCUT2D eigenvalue weighted by atomic mass is 10.3. The Hall–Kier alpha value is -2.47. The maximum Gasteiger partial charge on any atom is 0.234 e. The van der Waals surface area contributed by atoms with Crippen molar-refractivity contribution in [3.05, 3.63) is 53.8 Å². The second kappa shape index (κ2) is 5.03. The van der Waals surface area contributed by atoms with E-state index in [1.54, 1.807) is 22.1 Å². The fourth-order valence-corrected chi connectivity index (χ4v) is 2.46. The van der Waals surface area contributed by atoms with Crippen LogP contribution >= 0.6 is 11.3 Å². The van der Waals surface area contributed by atoms with Crippen LogP contribution in [0.3, 0.4) is 0 Å². The van der Waals surface area contributed by atoms with Gasteiger partial charge in [-0.15, -0.1) is 11.3 Å². The third-order valence-electron chi connectivity index (χ3n) is 2.60. The molecule has 3 heterocycles. The van der Waals surface area contributed by atoms with Gasteiger partial charge in [0, 0.05) is 12.4 Å². The smallest absolute Gasteiger partial charge is 0.234 e. The molecule has 0 fully saturated rings. The lowest BCUT2D eigenvalue weighted by Crippen LogP contribution is -2.03. The van der Waals surface area contributed by atoms with Crippen LogP contribution in [0.4, 0.5) is 0 Å². The number of hydrogen-bond donors (Lipinski definition) is 1. The quantitative estimate of drug-likeness (QED) is 0.452. The van der Waals surface area contributed by atoms with Crippen LogP contribution < -0.4 is 0 Å². The molecule has 0 aromatic carbocycles. The number of hydrogen-bond acceptors (Lipinski definition) is 5. The molecular weight excluding hydrogens is 260 g/mol. The van der Waals surface area contributed by atoms with Crippen molar-refractivity contribution < 1.29 is 5.21 Å². The Morgan fingerprint density at radius 3 is 3.00 bits per heavy atom. The first-order valence-electron chi connectivity index (χ1n) is 5.60. The molecule has 3 rings (SSSR count). The summed E-state index contributed by atoms with van der Waals surface area (Å²) in [5.74, 6) is 0.547. The van der Waals surface area contributed by atoms with E-state index in [1.807, 2.05) is 41.9 Å². The Bertz CT molecular complexity index is 703. The summed E-state index contributed by atoms with van der Waals surface area (Å²) in [6.07, 6.45) is 4.89. The average molecular weight is 270 g/mol. The Morgan fingerprint density at radius 1 is 1.26 bits per heavy atom. The maximum absolute atomic E-state index is 8.63. The Balaban J connectivity index is 2.06. The molecule has 0 unspecified atom stereocenters. The zero-order valence-corrected chi connectivity index (χ0v) is 10.7. The molecule has 3 aromatic heterocycles. The summed E-state index contributed by atoms with van der Waals surface area (Å²) in [7, 11) is 0. The minimum Gasteiger partial charge on any atom is -0.411 e. The normalized spacial score (nSPS) is 11.2. The summed E-state index contributed by atoms with van der Waals surface area (Å²) >= 11 is 1.63. The molecule has 19 heavy (non-hydrogen) atoms. The Morgan fingerprint density at radius 2 is 2.21 bits per heavy atom. The van der Waals surface area contributed by atoms with Crippen molar-refractivity contribution >= 4 is 17.6 Å². The van der Waals surface area contributed by atoms with Gasteiger partial charge in [-0.25, -0.2) is 9.97 Å². The van der Waals surface area contributed by atoms with Crippen molar-refractivity contribution in [2.45, 2.75) is 0 Å². The van der Waals surface area contributed by atoms with Crippen LogP contribution in [0.15, 0.2) is 53.3 Å². The third kappa shape index (κ3) is 2.25. The molecule has 0 saturated carbocycles. The molecule has 0 spiro atoms. The van der Waals surface area contributed by atoms with Crippen molar-refractivity contribution in [3.8, 4) is 16.5 Å². The van der Waals surface area contributed by atoms with Crippen molar-refractivity contribution in [1.82, 2.24) is 14.5 Å². The van der Waals surface area contributed by atoms with E-state index < -0.39 is 0 Å². The predicted molar refractivity (Wildman–Crippen MR) is 74.1 cm³/mol. The largest absolute Gasteiger partial charge is 0.411 e. The van der Waals surface area contributed by atoms with Crippen LogP contribution in [0, 0.1) is 0 Å². The Labute approximate surface area is 113 Å². The van der Waals surface area contributed by atoms with E-state index >= 15 is 0 Å². The second-order valence-electron chi connectivity index (χ2n) is 3.77. The summed E-state index contributed by atoms with van der Waals surface area (Å²) in [5.41, 5.74) is 1.59. The van der Waals surface area contributed by atoms with Crippen LogP contribution in [0.2, 0.25) is 0 Å². The summed E-state index contributed by atoms with van der Waals surface area (Å²) < 4.78 is 1.76. The van der Waals surface area contributed by atoms with Gasteiger partial charge in [-0.3, -0.25) is 4.57 Å². The molecule has 3 aromatic rings. The molecule has 5 nitrogen and oxygen atoms in total. The molecule has 0 saturated heterocycles. The molecule has 6 heteroatoms. The highest BCUT2D eigenvalue weighted by Gasteiger charge is 2.07. The fraction of sp³-hybridized carbons (Fsp3) is 0. The number of nitrogens with zero attached hydrogens (tertiary/aromatic N) is 4. The third-order valence-corrected chi connectivity index (χ3v) is 3.49. The zero-order chi connectivity index (χ0) is 13.1. The molecular formula is C13H10N4OS. The molecule has 0 bridgehead atoms. The SMILES string of the molecule is ON=Cc1cccn1-c1nccc(-c2cccs2)n1. The first-order valence-corrected chi connectivity index (χ1v) is 6.48. The summed E-state index contributed by atoms with van der Waals surface area (Å²) in [6, 6.07) is 9.54. The van der Waals surface area contributed by atoms with Gasteiger partial charge in [0.05, 0.1) is 22.5 Å². The van der Waals surface area contributed by atoms with E-state index in [4.69, 9.17) is 5.21 Å². The van der Waals surface area contributed by atoms with Gasteiger partial charge in [0.25, 0.3) is 0 Å². The molecule has 1 N–H and O–H groups in total.